The van der Waals surface area contributed by atoms with Crippen molar-refractivity contribution in [1.29, 1.82) is 0 Å². The van der Waals surface area contributed by atoms with E-state index in [1.165, 1.54) is 13.2 Å². The van der Waals surface area contributed by atoms with Crippen LogP contribution in [0.15, 0.2) is 36.4 Å². The fraction of sp³-hybridized carbons (Fsp3) is 0.278. The predicted molar refractivity (Wildman–Crippen MR) is 99.9 cm³/mol. The molecule has 0 aromatic heterocycles. The summed E-state index contributed by atoms with van der Waals surface area (Å²) in [5, 5.41) is 14.1. The Balaban J connectivity index is 1.88. The van der Waals surface area contributed by atoms with E-state index >= 15 is 0 Å². The summed E-state index contributed by atoms with van der Waals surface area (Å²) in [6.45, 7) is 1.57. The molecule has 0 aliphatic carbocycles. The molecule has 26 heavy (non-hydrogen) atoms. The number of anilines is 3. The van der Waals surface area contributed by atoms with E-state index in [0.717, 1.165) is 25.9 Å². The van der Waals surface area contributed by atoms with Gasteiger partial charge in [-0.05, 0) is 37.1 Å². The van der Waals surface area contributed by atoms with Crippen molar-refractivity contribution in [3.63, 3.8) is 0 Å². The van der Waals surface area contributed by atoms with Crippen molar-refractivity contribution in [2.45, 2.75) is 12.8 Å². The Morgan fingerprint density at radius 3 is 2.62 bits per heavy atom. The number of methoxy groups -OCH3 is 1. The quantitative estimate of drug-likeness (QED) is 0.484. The molecule has 8 heteroatoms. The van der Waals surface area contributed by atoms with Gasteiger partial charge in [-0.2, -0.15) is 0 Å². The zero-order valence-corrected chi connectivity index (χ0v) is 14.4. The largest absolute Gasteiger partial charge is 0.497 e. The number of rotatable bonds is 5. The van der Waals surface area contributed by atoms with Gasteiger partial charge < -0.3 is 20.7 Å². The van der Waals surface area contributed by atoms with Gasteiger partial charge in [-0.15, -0.1) is 0 Å². The van der Waals surface area contributed by atoms with Crippen LogP contribution in [0.3, 0.4) is 0 Å². The van der Waals surface area contributed by atoms with E-state index in [-0.39, 0.29) is 11.3 Å². The van der Waals surface area contributed by atoms with E-state index in [1.54, 1.807) is 30.3 Å². The number of nitrogens with one attached hydrogen (secondary N) is 1. The van der Waals surface area contributed by atoms with Gasteiger partial charge in [0.1, 0.15) is 11.4 Å². The maximum absolute atomic E-state index is 12.5. The number of nitrogens with zero attached hydrogens (tertiary/aromatic N) is 2. The first-order valence-electron chi connectivity index (χ1n) is 8.28. The molecule has 1 amide bonds. The highest BCUT2D eigenvalue weighted by Gasteiger charge is 2.24. The number of ether oxygens (including phenoxy) is 1. The first-order chi connectivity index (χ1) is 12.5. The number of nitrogens with two attached hydrogens (primary N) is 1. The minimum absolute atomic E-state index is 0.0711. The van der Waals surface area contributed by atoms with Crippen molar-refractivity contribution in [3.8, 4) is 5.75 Å². The molecule has 1 heterocycles. The number of benzene rings is 2. The van der Waals surface area contributed by atoms with Crippen molar-refractivity contribution in [2.24, 2.45) is 0 Å². The van der Waals surface area contributed by atoms with E-state index < -0.39 is 10.8 Å². The van der Waals surface area contributed by atoms with Crippen LogP contribution in [0.1, 0.15) is 23.2 Å². The Kier molecular flexibility index (Phi) is 4.92. The predicted octanol–water partition coefficient (Wildman–Crippen LogP) is 3.04. The van der Waals surface area contributed by atoms with Crippen LogP contribution in [0, 0.1) is 10.1 Å². The number of carbonyl (C=O) groups is 1. The Labute approximate surface area is 150 Å². The molecule has 136 valence electrons. The molecule has 0 unspecified atom stereocenters. The highest BCUT2D eigenvalue weighted by Crippen LogP contribution is 2.32. The summed E-state index contributed by atoms with van der Waals surface area (Å²) in [5.41, 5.74) is 7.31. The van der Waals surface area contributed by atoms with E-state index in [4.69, 9.17) is 10.5 Å². The van der Waals surface area contributed by atoms with Crippen molar-refractivity contribution in [3.05, 3.63) is 52.1 Å². The zero-order chi connectivity index (χ0) is 18.7. The molecule has 3 rings (SSSR count). The summed E-state index contributed by atoms with van der Waals surface area (Å²) in [5.74, 6) is 0.0749. The molecule has 0 atom stereocenters. The third kappa shape index (κ3) is 3.53. The van der Waals surface area contributed by atoms with Gasteiger partial charge in [0, 0.05) is 30.8 Å². The molecule has 0 bridgehead atoms. The molecule has 3 N–H and O–H groups in total. The first-order valence-corrected chi connectivity index (χ1v) is 8.28. The second-order valence-corrected chi connectivity index (χ2v) is 6.06. The Morgan fingerprint density at radius 2 is 1.96 bits per heavy atom. The molecule has 0 spiro atoms. The lowest BCUT2D eigenvalue weighted by atomic mass is 10.1. The van der Waals surface area contributed by atoms with E-state index in [9.17, 15) is 14.9 Å². The third-order valence-electron chi connectivity index (χ3n) is 4.39. The standard InChI is InChI=1S/C18H20N4O4/c1-26-13-5-6-14(19)15(11-13)20-18(23)12-4-7-16(17(10-12)22(24)25)21-8-2-3-9-21/h4-7,10-11H,2-3,8-9,19H2,1H3,(H,20,23). The normalized spacial score (nSPS) is 13.5. The van der Waals surface area contributed by atoms with Crippen LogP contribution in [-0.4, -0.2) is 31.0 Å². The lowest BCUT2D eigenvalue weighted by Crippen LogP contribution is -2.20. The van der Waals surface area contributed by atoms with Crippen LogP contribution < -0.4 is 20.7 Å². The molecule has 2 aromatic rings. The minimum Gasteiger partial charge on any atom is -0.497 e. The SMILES string of the molecule is COc1ccc(N)c(NC(=O)c2ccc(N3CCCC3)c([N+](=O)[O-])c2)c1. The first kappa shape index (κ1) is 17.5. The van der Waals surface area contributed by atoms with E-state index in [1.807, 2.05) is 4.90 Å². The fourth-order valence-electron chi connectivity index (χ4n) is 3.00. The van der Waals surface area contributed by atoms with Crippen molar-refractivity contribution >= 4 is 28.7 Å². The molecule has 8 nitrogen and oxygen atoms in total. The molecule has 1 saturated heterocycles. The Bertz CT molecular complexity index is 847. The number of carbonyl (C=O) groups excluding carboxylic acids is 1. The monoisotopic (exact) mass is 356 g/mol. The van der Waals surface area contributed by atoms with E-state index in [0.29, 0.717) is 22.8 Å². The molecule has 0 radical (unpaired) electrons. The smallest absolute Gasteiger partial charge is 0.293 e. The van der Waals surface area contributed by atoms with Gasteiger partial charge in [0.15, 0.2) is 0 Å². The third-order valence-corrected chi connectivity index (χ3v) is 4.39. The van der Waals surface area contributed by atoms with Gasteiger partial charge in [-0.25, -0.2) is 0 Å². The molecule has 1 fully saturated rings. The molecular weight excluding hydrogens is 336 g/mol. The van der Waals surface area contributed by atoms with Crippen LogP contribution in [-0.2, 0) is 0 Å². The van der Waals surface area contributed by atoms with Crippen molar-refractivity contribution in [1.82, 2.24) is 0 Å². The van der Waals surface area contributed by atoms with Gasteiger partial charge in [-0.3, -0.25) is 14.9 Å². The number of nitro benzene ring substituents is 1. The van der Waals surface area contributed by atoms with Gasteiger partial charge in [0.2, 0.25) is 0 Å². The lowest BCUT2D eigenvalue weighted by molar-refractivity contribution is -0.384. The highest BCUT2D eigenvalue weighted by atomic mass is 16.6. The molecule has 1 aliphatic rings. The Hall–Kier alpha value is -3.29. The van der Waals surface area contributed by atoms with E-state index in [2.05, 4.69) is 5.32 Å². The lowest BCUT2D eigenvalue weighted by Gasteiger charge is -2.18. The number of hydrogen-bond acceptors (Lipinski definition) is 6. The van der Waals surface area contributed by atoms with Crippen molar-refractivity contribution < 1.29 is 14.5 Å². The minimum atomic E-state index is -0.471. The molecule has 0 saturated carbocycles. The topological polar surface area (TPSA) is 111 Å². The summed E-state index contributed by atoms with van der Waals surface area (Å²) in [6.07, 6.45) is 2.02. The Morgan fingerprint density at radius 1 is 1.23 bits per heavy atom. The number of amides is 1. The second-order valence-electron chi connectivity index (χ2n) is 6.06. The number of nitrogen functional groups attached to an aromatic ring is 1. The van der Waals surface area contributed by atoms with Crippen LogP contribution in [0.2, 0.25) is 0 Å². The van der Waals surface area contributed by atoms with Gasteiger partial charge in [0.25, 0.3) is 11.6 Å². The fourth-order valence-corrected chi connectivity index (χ4v) is 3.00. The number of nitro groups is 1. The summed E-state index contributed by atoms with van der Waals surface area (Å²) in [4.78, 5) is 25.5. The van der Waals surface area contributed by atoms with Gasteiger partial charge in [0.05, 0.1) is 23.4 Å². The zero-order valence-electron chi connectivity index (χ0n) is 14.4. The van der Waals surface area contributed by atoms with Gasteiger partial charge in [-0.1, -0.05) is 0 Å². The average Bonchev–Trinajstić information content (AvgIpc) is 3.17. The summed E-state index contributed by atoms with van der Waals surface area (Å²) in [7, 11) is 1.51. The summed E-state index contributed by atoms with van der Waals surface area (Å²) >= 11 is 0. The highest BCUT2D eigenvalue weighted by molar-refractivity contribution is 6.06. The van der Waals surface area contributed by atoms with Crippen LogP contribution in [0.5, 0.6) is 5.75 Å². The average molecular weight is 356 g/mol. The molecular formula is C18H20N4O4. The van der Waals surface area contributed by atoms with Crippen LogP contribution in [0.25, 0.3) is 0 Å². The van der Waals surface area contributed by atoms with Gasteiger partial charge >= 0.3 is 0 Å². The summed E-state index contributed by atoms with van der Waals surface area (Å²) in [6, 6.07) is 9.42. The second kappa shape index (κ2) is 7.30. The van der Waals surface area contributed by atoms with Crippen molar-refractivity contribution in [2.75, 3.05) is 36.1 Å². The maximum Gasteiger partial charge on any atom is 0.293 e. The summed E-state index contributed by atoms with van der Waals surface area (Å²) < 4.78 is 5.12. The maximum atomic E-state index is 12.5. The number of hydrogen-bond donors (Lipinski definition) is 2. The molecule has 2 aromatic carbocycles. The molecule has 1 aliphatic heterocycles. The van der Waals surface area contributed by atoms with Crippen LogP contribution >= 0.6 is 0 Å². The van der Waals surface area contributed by atoms with Crippen LogP contribution in [0.4, 0.5) is 22.7 Å².